The average molecular weight is 316 g/mol. The number of hydrogen-bond acceptors (Lipinski definition) is 3. The fourth-order valence-corrected chi connectivity index (χ4v) is 2.50. The van der Waals surface area contributed by atoms with Crippen molar-refractivity contribution < 1.29 is 17.5 Å². The molecule has 7 nitrogen and oxygen atoms in total. The summed E-state index contributed by atoms with van der Waals surface area (Å²) in [5.41, 5.74) is -0.334. The van der Waals surface area contributed by atoms with Crippen LogP contribution in [0, 0.1) is 0 Å². The smallest absolute Gasteiger partial charge is 0.289 e. The maximum absolute atomic E-state index is 11.4. The molecule has 0 bridgehead atoms. The molecule has 8 heteroatoms. The number of H-pyrrole nitrogens is 1. The summed E-state index contributed by atoms with van der Waals surface area (Å²) >= 11 is 0. The second-order valence-electron chi connectivity index (χ2n) is 4.73. The molecular formula is C13H22N3O4S+. The normalized spacial score (nSPS) is 11.2. The third-order valence-electron chi connectivity index (χ3n) is 2.69. The Morgan fingerprint density at radius 1 is 1.29 bits per heavy atom. The Hall–Kier alpha value is -1.67. The molecule has 0 spiro atoms. The Kier molecular flexibility index (Phi) is 6.57. The van der Waals surface area contributed by atoms with Crippen molar-refractivity contribution in [2.75, 3.05) is 23.9 Å². The highest BCUT2D eigenvalue weighted by molar-refractivity contribution is 7.85. The second-order valence-corrected chi connectivity index (χ2v) is 6.15. The Bertz CT molecular complexity index is 629. The number of nitrogens with one attached hydrogen (secondary N) is 1. The number of aromatic nitrogens is 1. The molecule has 0 unspecified atom stereocenters. The quantitative estimate of drug-likeness (QED) is 0.321. The maximum atomic E-state index is 11.4. The number of pyridine rings is 1. The van der Waals surface area contributed by atoms with Crippen LogP contribution in [0.15, 0.2) is 23.0 Å². The first-order valence-electron chi connectivity index (χ1n) is 6.86. The van der Waals surface area contributed by atoms with Crippen molar-refractivity contribution in [3.8, 4) is 0 Å². The first-order valence-corrected chi connectivity index (χ1v) is 8.46. The summed E-state index contributed by atoms with van der Waals surface area (Å²) in [6.07, 6.45) is 3.43. The van der Waals surface area contributed by atoms with E-state index in [1.54, 1.807) is 12.4 Å². The van der Waals surface area contributed by atoms with Gasteiger partial charge in [0.05, 0.1) is 13.1 Å². The van der Waals surface area contributed by atoms with Crippen LogP contribution in [0.1, 0.15) is 26.7 Å². The van der Waals surface area contributed by atoms with Gasteiger partial charge < -0.3 is 0 Å². The van der Waals surface area contributed by atoms with Crippen molar-refractivity contribution in [3.63, 3.8) is 0 Å². The van der Waals surface area contributed by atoms with E-state index >= 15 is 0 Å². The number of anilines is 1. The summed E-state index contributed by atoms with van der Waals surface area (Å²) in [7, 11) is -4.21. The van der Waals surface area contributed by atoms with E-state index in [1.165, 1.54) is 17.0 Å². The first kappa shape index (κ1) is 17.4. The van der Waals surface area contributed by atoms with Crippen LogP contribution < -0.4 is 10.5 Å². The Morgan fingerprint density at radius 2 is 1.90 bits per heavy atom. The largest absolute Gasteiger partial charge is 0.304 e. The molecule has 0 atom stereocenters. The molecule has 1 rings (SSSR count). The molecule has 0 aliphatic heterocycles. The van der Waals surface area contributed by atoms with Gasteiger partial charge in [0.15, 0.2) is 0 Å². The van der Waals surface area contributed by atoms with Gasteiger partial charge in [-0.1, -0.05) is 19.9 Å². The second kappa shape index (κ2) is 7.94. The summed E-state index contributed by atoms with van der Waals surface area (Å²) in [6, 6.07) is 4.45. The Labute approximate surface area is 124 Å². The highest BCUT2D eigenvalue weighted by atomic mass is 32.2. The van der Waals surface area contributed by atoms with Crippen LogP contribution in [0.4, 0.5) is 5.82 Å². The molecular weight excluding hydrogens is 294 g/mol. The molecule has 1 aromatic heterocycles. The monoisotopic (exact) mass is 316 g/mol. The summed E-state index contributed by atoms with van der Waals surface area (Å²) < 4.78 is 33.4. The predicted octanol–water partition coefficient (Wildman–Crippen LogP) is 0.887. The van der Waals surface area contributed by atoms with Gasteiger partial charge in [-0.05, 0) is 12.8 Å². The molecule has 0 fully saturated rings. The molecule has 0 saturated carbocycles. The zero-order valence-electron chi connectivity index (χ0n) is 12.3. The fraction of sp³-hybridized carbons (Fsp3) is 0.538. The zero-order valence-corrected chi connectivity index (χ0v) is 13.1. The Balaban J connectivity index is 3.18. The minimum atomic E-state index is -4.21. The summed E-state index contributed by atoms with van der Waals surface area (Å²) in [6.45, 7) is 5.56. The fourth-order valence-electron chi connectivity index (χ4n) is 1.94. The van der Waals surface area contributed by atoms with E-state index in [-0.39, 0.29) is 5.56 Å². The van der Waals surface area contributed by atoms with Crippen molar-refractivity contribution in [2.24, 2.45) is 0 Å². The Morgan fingerprint density at radius 3 is 2.38 bits per heavy atom. The molecule has 0 aliphatic rings. The lowest BCUT2D eigenvalue weighted by molar-refractivity contribution is -0.524. The lowest BCUT2D eigenvalue weighted by Gasteiger charge is -2.13. The SMILES string of the molecule is CCC[N+](=CN(CS(=O)(=O)O)c1cccc(=O)[nH]1)CCC. The van der Waals surface area contributed by atoms with Gasteiger partial charge in [-0.15, -0.1) is 0 Å². The third-order valence-corrected chi connectivity index (χ3v) is 3.29. The minimum Gasteiger partial charge on any atom is -0.289 e. The van der Waals surface area contributed by atoms with Crippen molar-refractivity contribution in [3.05, 3.63) is 28.6 Å². The molecule has 2 N–H and O–H groups in total. The average Bonchev–Trinajstić information content (AvgIpc) is 2.37. The number of aromatic amines is 1. The van der Waals surface area contributed by atoms with Gasteiger partial charge in [-0.3, -0.25) is 18.9 Å². The van der Waals surface area contributed by atoms with Crippen LogP contribution in [0.5, 0.6) is 0 Å². The highest BCUT2D eigenvalue weighted by Crippen LogP contribution is 2.07. The molecule has 21 heavy (non-hydrogen) atoms. The highest BCUT2D eigenvalue weighted by Gasteiger charge is 2.21. The molecule has 118 valence electrons. The first-order chi connectivity index (χ1) is 9.85. The van der Waals surface area contributed by atoms with Crippen LogP contribution in [0.3, 0.4) is 0 Å². The standard InChI is InChI=1S/C13H21N3O4S/c1-3-8-15(9-4-2)10-16(11-21(18,19)20)12-6-5-7-13(17)14-12/h5-7,10H,3-4,8-9,11H2,1-2H3,(H-,14,17,18,19,20)/p+1. The van der Waals surface area contributed by atoms with E-state index in [9.17, 15) is 13.2 Å². The summed E-state index contributed by atoms with van der Waals surface area (Å²) in [5.74, 6) is -0.297. The summed E-state index contributed by atoms with van der Waals surface area (Å²) in [4.78, 5) is 15.3. The van der Waals surface area contributed by atoms with Crippen LogP contribution in [0.25, 0.3) is 0 Å². The predicted molar refractivity (Wildman–Crippen MR) is 82.6 cm³/mol. The van der Waals surface area contributed by atoms with Crippen molar-refractivity contribution in [1.29, 1.82) is 0 Å². The van der Waals surface area contributed by atoms with E-state index in [1.807, 2.05) is 18.4 Å². The number of nitrogens with zero attached hydrogens (tertiary/aromatic N) is 2. The lowest BCUT2D eigenvalue weighted by Crippen LogP contribution is -2.35. The van der Waals surface area contributed by atoms with Crippen molar-refractivity contribution >= 4 is 22.3 Å². The molecule has 0 aliphatic carbocycles. The summed E-state index contributed by atoms with van der Waals surface area (Å²) in [5, 5.41) is 0. The maximum Gasteiger partial charge on any atom is 0.304 e. The molecule has 0 radical (unpaired) electrons. The van der Waals surface area contributed by atoms with Gasteiger partial charge in [0, 0.05) is 12.1 Å². The van der Waals surface area contributed by atoms with Gasteiger partial charge in [-0.25, -0.2) is 4.90 Å². The van der Waals surface area contributed by atoms with Gasteiger partial charge >= 0.3 is 10.1 Å². The van der Waals surface area contributed by atoms with Crippen LogP contribution in [-0.2, 0) is 10.1 Å². The van der Waals surface area contributed by atoms with E-state index in [0.717, 1.165) is 25.9 Å². The van der Waals surface area contributed by atoms with Crippen molar-refractivity contribution in [2.45, 2.75) is 26.7 Å². The minimum absolute atomic E-state index is 0.317. The van der Waals surface area contributed by atoms with E-state index in [0.29, 0.717) is 5.82 Å². The van der Waals surface area contributed by atoms with Crippen molar-refractivity contribution in [1.82, 2.24) is 4.98 Å². The van der Waals surface area contributed by atoms with E-state index in [2.05, 4.69) is 4.98 Å². The van der Waals surface area contributed by atoms with Gasteiger partial charge in [0.2, 0.25) is 18.0 Å². The van der Waals surface area contributed by atoms with Gasteiger partial charge in [-0.2, -0.15) is 8.42 Å². The topological polar surface area (TPSA) is 93.5 Å². The number of hydrogen-bond donors (Lipinski definition) is 2. The molecule has 1 heterocycles. The molecule has 0 amide bonds. The van der Waals surface area contributed by atoms with Crippen LogP contribution >= 0.6 is 0 Å². The third kappa shape index (κ3) is 6.54. The van der Waals surface area contributed by atoms with Gasteiger partial charge in [0.25, 0.3) is 5.56 Å². The van der Waals surface area contributed by atoms with Gasteiger partial charge in [0.1, 0.15) is 0 Å². The van der Waals surface area contributed by atoms with Crippen LogP contribution in [0.2, 0.25) is 0 Å². The zero-order chi connectivity index (χ0) is 15.9. The van der Waals surface area contributed by atoms with Crippen LogP contribution in [-0.4, -0.2) is 47.8 Å². The van der Waals surface area contributed by atoms with E-state index in [4.69, 9.17) is 4.55 Å². The van der Waals surface area contributed by atoms with E-state index < -0.39 is 16.0 Å². The lowest BCUT2D eigenvalue weighted by atomic mass is 10.4. The molecule has 1 aromatic rings. The number of rotatable bonds is 8. The molecule has 0 saturated heterocycles. The molecule has 0 aromatic carbocycles.